The van der Waals surface area contributed by atoms with Gasteiger partial charge in [0.15, 0.2) is 0 Å². The highest BCUT2D eigenvalue weighted by Crippen LogP contribution is 2.21. The molecule has 13 heavy (non-hydrogen) atoms. The Kier molecular flexibility index (Phi) is 3.11. The molecule has 1 rings (SSSR count). The molecule has 0 aliphatic heterocycles. The monoisotopic (exact) mass is 200 g/mol. The van der Waals surface area contributed by atoms with Crippen LogP contribution in [0, 0.1) is 0 Å². The van der Waals surface area contributed by atoms with Gasteiger partial charge in [-0.05, 0) is 18.2 Å². The Morgan fingerprint density at radius 1 is 1.62 bits per heavy atom. The summed E-state index contributed by atoms with van der Waals surface area (Å²) in [5.41, 5.74) is 2.29. The molecule has 70 valence electrons. The summed E-state index contributed by atoms with van der Waals surface area (Å²) in [5, 5.41) is 0.337. The van der Waals surface area contributed by atoms with Gasteiger partial charge in [-0.1, -0.05) is 11.6 Å². The Morgan fingerprint density at radius 2 is 2.31 bits per heavy atom. The molecular formula is C8H9ClN2O2. The molecule has 0 saturated heterocycles. The molecule has 0 heterocycles. The number of rotatable bonds is 2. The van der Waals surface area contributed by atoms with Crippen molar-refractivity contribution in [3.63, 3.8) is 0 Å². The molecule has 0 bridgehead atoms. The zero-order valence-corrected chi connectivity index (χ0v) is 7.76. The molecule has 3 N–H and O–H groups in total. The number of ether oxygens (including phenoxy) is 1. The number of halogens is 1. The Labute approximate surface area is 80.6 Å². The number of hydrazine groups is 1. The summed E-state index contributed by atoms with van der Waals surface area (Å²) in [5.74, 6) is 5.08. The first-order chi connectivity index (χ1) is 6.19. The van der Waals surface area contributed by atoms with E-state index in [0.29, 0.717) is 16.3 Å². The molecular weight excluding hydrogens is 192 g/mol. The van der Waals surface area contributed by atoms with Crippen molar-refractivity contribution in [3.8, 4) is 5.75 Å². The SMILES string of the molecule is COc1ccc(Cl)c(C(=O)NN)c1. The Morgan fingerprint density at radius 3 is 2.85 bits per heavy atom. The van der Waals surface area contributed by atoms with Crippen LogP contribution in [-0.2, 0) is 0 Å². The number of hydrogen-bond donors (Lipinski definition) is 2. The summed E-state index contributed by atoms with van der Waals surface area (Å²) in [6, 6.07) is 4.76. The molecule has 4 nitrogen and oxygen atoms in total. The molecule has 0 radical (unpaired) electrons. The average molecular weight is 201 g/mol. The van der Waals surface area contributed by atoms with Gasteiger partial charge in [0.1, 0.15) is 5.75 Å². The number of benzene rings is 1. The summed E-state index contributed by atoms with van der Waals surface area (Å²) in [7, 11) is 1.51. The van der Waals surface area contributed by atoms with Crippen LogP contribution in [0.3, 0.4) is 0 Å². The number of methoxy groups -OCH3 is 1. The molecule has 5 heteroatoms. The Hall–Kier alpha value is -1.26. The number of carbonyl (C=O) groups is 1. The van der Waals surface area contributed by atoms with Gasteiger partial charge in [-0.2, -0.15) is 0 Å². The highest BCUT2D eigenvalue weighted by Gasteiger charge is 2.09. The molecule has 1 amide bonds. The lowest BCUT2D eigenvalue weighted by Gasteiger charge is -2.04. The predicted molar refractivity (Wildman–Crippen MR) is 49.7 cm³/mol. The third-order valence-corrected chi connectivity index (χ3v) is 1.88. The number of hydrogen-bond acceptors (Lipinski definition) is 3. The maximum absolute atomic E-state index is 11.1. The molecule has 1 aromatic carbocycles. The summed E-state index contributed by atoms with van der Waals surface area (Å²) in [6.45, 7) is 0. The van der Waals surface area contributed by atoms with Crippen LogP contribution < -0.4 is 16.0 Å². The van der Waals surface area contributed by atoms with Gasteiger partial charge >= 0.3 is 0 Å². The lowest BCUT2D eigenvalue weighted by atomic mass is 10.2. The van der Waals surface area contributed by atoms with Crippen molar-refractivity contribution in [3.05, 3.63) is 28.8 Å². The third kappa shape index (κ3) is 2.11. The number of nitrogens with one attached hydrogen (secondary N) is 1. The number of carbonyl (C=O) groups excluding carboxylic acids is 1. The first-order valence-corrected chi connectivity index (χ1v) is 3.91. The molecule has 0 aromatic heterocycles. The fourth-order valence-electron chi connectivity index (χ4n) is 0.883. The van der Waals surface area contributed by atoms with Crippen molar-refractivity contribution in [2.75, 3.05) is 7.11 Å². The van der Waals surface area contributed by atoms with Crippen LogP contribution in [0.25, 0.3) is 0 Å². The minimum Gasteiger partial charge on any atom is -0.497 e. The van der Waals surface area contributed by atoms with E-state index in [9.17, 15) is 4.79 Å². The quantitative estimate of drug-likeness (QED) is 0.425. The second kappa shape index (κ2) is 4.11. The maximum atomic E-state index is 11.1. The molecule has 0 aliphatic rings. The highest BCUT2D eigenvalue weighted by atomic mass is 35.5. The van der Waals surface area contributed by atoms with Crippen molar-refractivity contribution in [1.82, 2.24) is 5.43 Å². The topological polar surface area (TPSA) is 64.3 Å². The number of nitrogen functional groups attached to an aromatic ring is 1. The summed E-state index contributed by atoms with van der Waals surface area (Å²) in [4.78, 5) is 11.1. The van der Waals surface area contributed by atoms with Crippen LogP contribution in [0.1, 0.15) is 10.4 Å². The molecule has 0 fully saturated rings. The van der Waals surface area contributed by atoms with Crippen LogP contribution in [0.4, 0.5) is 0 Å². The van der Waals surface area contributed by atoms with E-state index in [4.69, 9.17) is 22.2 Å². The first kappa shape index (κ1) is 9.83. The third-order valence-electron chi connectivity index (χ3n) is 1.55. The van der Waals surface area contributed by atoms with E-state index in [0.717, 1.165) is 0 Å². The summed E-state index contributed by atoms with van der Waals surface area (Å²) in [6.07, 6.45) is 0. The number of amides is 1. The second-order valence-electron chi connectivity index (χ2n) is 2.32. The summed E-state index contributed by atoms with van der Waals surface area (Å²) >= 11 is 5.75. The van der Waals surface area contributed by atoms with Crippen molar-refractivity contribution in [2.24, 2.45) is 5.84 Å². The smallest absolute Gasteiger partial charge is 0.266 e. The first-order valence-electron chi connectivity index (χ1n) is 3.53. The standard InChI is InChI=1S/C8H9ClN2O2/c1-13-5-2-3-7(9)6(4-5)8(12)11-10/h2-4H,10H2,1H3,(H,11,12). The van der Waals surface area contributed by atoms with E-state index >= 15 is 0 Å². The predicted octanol–water partition coefficient (Wildman–Crippen LogP) is 0.952. The average Bonchev–Trinajstić information content (AvgIpc) is 2.17. The van der Waals surface area contributed by atoms with Crippen molar-refractivity contribution < 1.29 is 9.53 Å². The van der Waals surface area contributed by atoms with Crippen molar-refractivity contribution in [1.29, 1.82) is 0 Å². The Bertz CT molecular complexity index is 328. The fraction of sp³-hybridized carbons (Fsp3) is 0.125. The summed E-state index contributed by atoms with van der Waals surface area (Å²) < 4.78 is 4.93. The van der Waals surface area contributed by atoms with Gasteiger partial charge in [-0.3, -0.25) is 10.2 Å². The second-order valence-corrected chi connectivity index (χ2v) is 2.73. The molecule has 0 aliphatic carbocycles. The van der Waals surface area contributed by atoms with Gasteiger partial charge in [0.2, 0.25) is 0 Å². The van der Waals surface area contributed by atoms with Crippen LogP contribution >= 0.6 is 11.6 Å². The Balaban J connectivity index is 3.11. The van der Waals surface area contributed by atoms with Crippen LogP contribution in [0.2, 0.25) is 5.02 Å². The van der Waals surface area contributed by atoms with Gasteiger partial charge in [0, 0.05) is 0 Å². The highest BCUT2D eigenvalue weighted by molar-refractivity contribution is 6.33. The fourth-order valence-corrected chi connectivity index (χ4v) is 1.09. The van der Waals surface area contributed by atoms with Crippen molar-refractivity contribution in [2.45, 2.75) is 0 Å². The minimum absolute atomic E-state index is 0.295. The van der Waals surface area contributed by atoms with Gasteiger partial charge < -0.3 is 4.74 Å². The number of nitrogens with two attached hydrogens (primary N) is 1. The molecule has 1 aromatic rings. The van der Waals surface area contributed by atoms with E-state index in [2.05, 4.69) is 0 Å². The van der Waals surface area contributed by atoms with Gasteiger partial charge in [-0.25, -0.2) is 5.84 Å². The minimum atomic E-state index is -0.441. The van der Waals surface area contributed by atoms with E-state index in [1.807, 2.05) is 5.43 Å². The van der Waals surface area contributed by atoms with E-state index in [1.165, 1.54) is 13.2 Å². The molecule has 0 spiro atoms. The molecule has 0 saturated carbocycles. The van der Waals surface area contributed by atoms with Crippen LogP contribution in [0.15, 0.2) is 18.2 Å². The maximum Gasteiger partial charge on any atom is 0.266 e. The van der Waals surface area contributed by atoms with E-state index in [-0.39, 0.29) is 0 Å². The van der Waals surface area contributed by atoms with Crippen LogP contribution in [0.5, 0.6) is 5.75 Å². The molecule has 0 unspecified atom stereocenters. The van der Waals surface area contributed by atoms with Crippen molar-refractivity contribution >= 4 is 17.5 Å². The zero-order valence-electron chi connectivity index (χ0n) is 7.00. The normalized spacial score (nSPS) is 9.46. The zero-order chi connectivity index (χ0) is 9.84. The van der Waals surface area contributed by atoms with E-state index in [1.54, 1.807) is 12.1 Å². The molecule has 0 atom stereocenters. The van der Waals surface area contributed by atoms with Crippen LogP contribution in [-0.4, -0.2) is 13.0 Å². The van der Waals surface area contributed by atoms with Gasteiger partial charge in [-0.15, -0.1) is 0 Å². The largest absolute Gasteiger partial charge is 0.497 e. The lowest BCUT2D eigenvalue weighted by molar-refractivity contribution is 0.0953. The lowest BCUT2D eigenvalue weighted by Crippen LogP contribution is -2.30. The van der Waals surface area contributed by atoms with Gasteiger partial charge in [0.05, 0.1) is 17.7 Å². The van der Waals surface area contributed by atoms with E-state index < -0.39 is 5.91 Å². The van der Waals surface area contributed by atoms with Gasteiger partial charge in [0.25, 0.3) is 5.91 Å².